The molecular weight excluding hydrogens is 346 g/mol. The van der Waals surface area contributed by atoms with E-state index in [-0.39, 0.29) is 0 Å². The van der Waals surface area contributed by atoms with E-state index in [4.69, 9.17) is 4.74 Å². The third kappa shape index (κ3) is 4.81. The lowest BCUT2D eigenvalue weighted by Gasteiger charge is -2.36. The SMILES string of the molecule is CC(c1ccc(-c2ccc(CO[C@@H]3CCNC3)cc2)cc1)N1CCN(C)CC1. The van der Waals surface area contributed by atoms with E-state index in [1.165, 1.54) is 22.3 Å². The van der Waals surface area contributed by atoms with E-state index in [0.717, 1.165) is 45.7 Å². The Labute approximate surface area is 169 Å². The van der Waals surface area contributed by atoms with Crippen molar-refractivity contribution in [1.29, 1.82) is 0 Å². The molecule has 0 aromatic heterocycles. The van der Waals surface area contributed by atoms with E-state index in [2.05, 4.69) is 77.6 Å². The van der Waals surface area contributed by atoms with Crippen LogP contribution in [0, 0.1) is 0 Å². The summed E-state index contributed by atoms with van der Waals surface area (Å²) >= 11 is 0. The van der Waals surface area contributed by atoms with Gasteiger partial charge in [0.1, 0.15) is 0 Å². The summed E-state index contributed by atoms with van der Waals surface area (Å²) in [5.41, 5.74) is 5.20. The molecule has 2 aliphatic heterocycles. The molecule has 2 saturated heterocycles. The fourth-order valence-corrected chi connectivity index (χ4v) is 4.15. The molecule has 1 N–H and O–H groups in total. The summed E-state index contributed by atoms with van der Waals surface area (Å²) in [6.45, 7) is 9.72. The first-order valence-electron chi connectivity index (χ1n) is 10.6. The highest BCUT2D eigenvalue weighted by atomic mass is 16.5. The average Bonchev–Trinajstić information content (AvgIpc) is 3.27. The van der Waals surface area contributed by atoms with Gasteiger partial charge in [0.2, 0.25) is 0 Å². The van der Waals surface area contributed by atoms with E-state index >= 15 is 0 Å². The Hall–Kier alpha value is -1.72. The number of hydrogen-bond acceptors (Lipinski definition) is 4. The zero-order chi connectivity index (χ0) is 19.3. The normalized spacial score (nSPS) is 22.4. The summed E-state index contributed by atoms with van der Waals surface area (Å²) < 4.78 is 5.97. The molecule has 2 aromatic carbocycles. The molecule has 0 aliphatic carbocycles. The molecule has 4 heteroatoms. The lowest BCUT2D eigenvalue weighted by molar-refractivity contribution is 0.0542. The third-order valence-electron chi connectivity index (χ3n) is 6.27. The number of nitrogens with one attached hydrogen (secondary N) is 1. The maximum atomic E-state index is 5.97. The second-order valence-corrected chi connectivity index (χ2v) is 8.26. The van der Waals surface area contributed by atoms with E-state index in [9.17, 15) is 0 Å². The van der Waals surface area contributed by atoms with Gasteiger partial charge in [-0.2, -0.15) is 0 Å². The van der Waals surface area contributed by atoms with E-state index < -0.39 is 0 Å². The van der Waals surface area contributed by atoms with Crippen molar-refractivity contribution in [3.05, 3.63) is 59.7 Å². The topological polar surface area (TPSA) is 27.7 Å². The quantitative estimate of drug-likeness (QED) is 0.831. The number of likely N-dealkylation sites (N-methyl/N-ethyl adjacent to an activating group) is 1. The van der Waals surface area contributed by atoms with Gasteiger partial charge in [-0.15, -0.1) is 0 Å². The fraction of sp³-hybridized carbons (Fsp3) is 0.500. The van der Waals surface area contributed by atoms with E-state index in [1.54, 1.807) is 0 Å². The van der Waals surface area contributed by atoms with Crippen molar-refractivity contribution in [2.75, 3.05) is 46.3 Å². The first kappa shape index (κ1) is 19.6. The van der Waals surface area contributed by atoms with E-state index in [0.29, 0.717) is 18.8 Å². The Morgan fingerprint density at radius 3 is 2.21 bits per heavy atom. The molecule has 0 bridgehead atoms. The predicted octanol–water partition coefficient (Wildman–Crippen LogP) is 3.54. The molecule has 2 fully saturated rings. The van der Waals surface area contributed by atoms with Gasteiger partial charge in [-0.25, -0.2) is 0 Å². The molecule has 28 heavy (non-hydrogen) atoms. The summed E-state index contributed by atoms with van der Waals surface area (Å²) in [5, 5.41) is 3.34. The molecule has 2 atom stereocenters. The number of ether oxygens (including phenoxy) is 1. The molecule has 1 unspecified atom stereocenters. The van der Waals surface area contributed by atoms with Gasteiger partial charge in [0, 0.05) is 38.8 Å². The zero-order valence-corrected chi connectivity index (χ0v) is 17.2. The van der Waals surface area contributed by atoms with E-state index in [1.807, 2.05) is 0 Å². The Kier molecular flexibility index (Phi) is 6.43. The Morgan fingerprint density at radius 2 is 1.61 bits per heavy atom. The minimum Gasteiger partial charge on any atom is -0.372 e. The highest BCUT2D eigenvalue weighted by Crippen LogP contribution is 2.26. The van der Waals surface area contributed by atoms with Gasteiger partial charge in [0.25, 0.3) is 0 Å². The Bertz CT molecular complexity index is 729. The number of nitrogens with zero attached hydrogens (tertiary/aromatic N) is 2. The van der Waals surface area contributed by atoms with Gasteiger partial charge >= 0.3 is 0 Å². The van der Waals surface area contributed by atoms with Crippen molar-refractivity contribution in [3.63, 3.8) is 0 Å². The molecule has 150 valence electrons. The second kappa shape index (κ2) is 9.19. The molecule has 0 saturated carbocycles. The maximum Gasteiger partial charge on any atom is 0.0721 e. The van der Waals surface area contributed by atoms with Gasteiger partial charge in [0.05, 0.1) is 12.7 Å². The molecule has 4 rings (SSSR count). The third-order valence-corrected chi connectivity index (χ3v) is 6.27. The van der Waals surface area contributed by atoms with Gasteiger partial charge < -0.3 is 15.0 Å². The number of piperazine rings is 1. The number of hydrogen-bond donors (Lipinski definition) is 1. The molecule has 2 aliphatic rings. The standard InChI is InChI=1S/C24H33N3O/c1-19(27-15-13-26(2)14-16-27)21-7-9-23(10-8-21)22-5-3-20(4-6-22)18-28-24-11-12-25-17-24/h3-10,19,24-25H,11-18H2,1-2H3/t19?,24-/m1/s1. The first-order valence-corrected chi connectivity index (χ1v) is 10.6. The van der Waals surface area contributed by atoms with Crippen LogP contribution in [0.25, 0.3) is 11.1 Å². The van der Waals surface area contributed by atoms with Gasteiger partial charge in [-0.1, -0.05) is 48.5 Å². The molecule has 0 spiro atoms. The van der Waals surface area contributed by atoms with Crippen LogP contribution in [0.1, 0.15) is 30.5 Å². The van der Waals surface area contributed by atoms with Crippen molar-refractivity contribution in [2.24, 2.45) is 0 Å². The van der Waals surface area contributed by atoms with Crippen LogP contribution in [0.2, 0.25) is 0 Å². The van der Waals surface area contributed by atoms with Gasteiger partial charge in [-0.3, -0.25) is 4.90 Å². The van der Waals surface area contributed by atoms with Crippen molar-refractivity contribution < 1.29 is 4.74 Å². The van der Waals surface area contributed by atoms with Crippen LogP contribution in [0.15, 0.2) is 48.5 Å². The zero-order valence-electron chi connectivity index (χ0n) is 17.2. The van der Waals surface area contributed by atoms with Crippen LogP contribution in [0.5, 0.6) is 0 Å². The summed E-state index contributed by atoms with van der Waals surface area (Å²) in [6.07, 6.45) is 1.49. The fourth-order valence-electron chi connectivity index (χ4n) is 4.15. The minimum atomic E-state index is 0.370. The van der Waals surface area contributed by atoms with Crippen LogP contribution in [-0.4, -0.2) is 62.2 Å². The Balaban J connectivity index is 1.35. The van der Waals surface area contributed by atoms with Crippen molar-refractivity contribution in [3.8, 4) is 11.1 Å². The van der Waals surface area contributed by atoms with Crippen molar-refractivity contribution >= 4 is 0 Å². The van der Waals surface area contributed by atoms with Crippen LogP contribution < -0.4 is 5.32 Å². The Morgan fingerprint density at radius 1 is 0.964 bits per heavy atom. The monoisotopic (exact) mass is 379 g/mol. The lowest BCUT2D eigenvalue weighted by Crippen LogP contribution is -2.45. The van der Waals surface area contributed by atoms with Gasteiger partial charge in [-0.05, 0) is 49.2 Å². The predicted molar refractivity (Wildman–Crippen MR) is 115 cm³/mol. The summed E-state index contributed by atoms with van der Waals surface area (Å²) in [6, 6.07) is 18.4. The van der Waals surface area contributed by atoms with Crippen molar-refractivity contribution in [1.82, 2.24) is 15.1 Å². The number of benzene rings is 2. The van der Waals surface area contributed by atoms with Crippen LogP contribution in [-0.2, 0) is 11.3 Å². The van der Waals surface area contributed by atoms with Gasteiger partial charge in [0.15, 0.2) is 0 Å². The highest BCUT2D eigenvalue weighted by molar-refractivity contribution is 5.64. The minimum absolute atomic E-state index is 0.370. The molecule has 0 radical (unpaired) electrons. The lowest BCUT2D eigenvalue weighted by atomic mass is 9.99. The molecule has 0 amide bonds. The average molecular weight is 380 g/mol. The smallest absolute Gasteiger partial charge is 0.0721 e. The van der Waals surface area contributed by atoms with Crippen LogP contribution in [0.3, 0.4) is 0 Å². The van der Waals surface area contributed by atoms with Crippen molar-refractivity contribution in [2.45, 2.75) is 32.1 Å². The molecule has 2 heterocycles. The maximum absolute atomic E-state index is 5.97. The summed E-state index contributed by atoms with van der Waals surface area (Å²) in [4.78, 5) is 5.00. The number of rotatable bonds is 6. The summed E-state index contributed by atoms with van der Waals surface area (Å²) in [7, 11) is 2.21. The van der Waals surface area contributed by atoms with Crippen LogP contribution >= 0.6 is 0 Å². The second-order valence-electron chi connectivity index (χ2n) is 8.26. The highest BCUT2D eigenvalue weighted by Gasteiger charge is 2.20. The first-order chi connectivity index (χ1) is 13.7. The summed E-state index contributed by atoms with van der Waals surface area (Å²) in [5.74, 6) is 0. The molecule has 2 aromatic rings. The molecular formula is C24H33N3O. The largest absolute Gasteiger partial charge is 0.372 e. The molecule has 4 nitrogen and oxygen atoms in total. The van der Waals surface area contributed by atoms with Crippen LogP contribution in [0.4, 0.5) is 0 Å².